The third kappa shape index (κ3) is 3.13. The summed E-state index contributed by atoms with van der Waals surface area (Å²) in [6.07, 6.45) is -3.38. The second-order valence-corrected chi connectivity index (χ2v) is 8.50. The Bertz CT molecular complexity index is 882. The molecular weight excluding hydrogens is 382 g/mol. The van der Waals surface area contributed by atoms with E-state index >= 15 is 0 Å². The lowest BCUT2D eigenvalue weighted by molar-refractivity contribution is -0.0976. The smallest absolute Gasteiger partial charge is 0.341 e. The normalized spacial score (nSPS) is 19.2. The molecule has 4 nitrogen and oxygen atoms in total. The fourth-order valence-corrected chi connectivity index (χ4v) is 4.42. The minimum absolute atomic E-state index is 0.157. The zero-order valence-electron chi connectivity index (χ0n) is 12.5. The number of benzene rings is 1. The maximum Gasteiger partial charge on any atom is 0.341 e. The first-order valence-electron chi connectivity index (χ1n) is 7.14. The summed E-state index contributed by atoms with van der Waals surface area (Å²) < 4.78 is 77.1. The molecule has 0 radical (unpaired) electrons. The summed E-state index contributed by atoms with van der Waals surface area (Å²) in [7, 11) is -5.11. The van der Waals surface area contributed by atoms with E-state index in [1.54, 1.807) is 0 Å². The molecule has 1 atom stereocenters. The van der Waals surface area contributed by atoms with Gasteiger partial charge in [-0.15, -0.1) is 11.3 Å². The molecule has 0 fully saturated rings. The van der Waals surface area contributed by atoms with Crippen molar-refractivity contribution in [2.24, 2.45) is 0 Å². The Morgan fingerprint density at radius 1 is 1.32 bits per heavy atom. The van der Waals surface area contributed by atoms with Crippen LogP contribution in [-0.2, 0) is 22.8 Å². The van der Waals surface area contributed by atoms with Crippen molar-refractivity contribution in [3.05, 3.63) is 45.6 Å². The number of hydrogen-bond donors (Lipinski definition) is 2. The number of thiophene rings is 1. The maximum absolute atomic E-state index is 13.9. The van der Waals surface area contributed by atoms with Gasteiger partial charge in [0.2, 0.25) is 9.84 Å². The van der Waals surface area contributed by atoms with Gasteiger partial charge in [-0.05, 0) is 29.1 Å². The fourth-order valence-electron chi connectivity index (χ4n) is 2.78. The van der Waals surface area contributed by atoms with Crippen molar-refractivity contribution in [1.29, 1.82) is 0 Å². The quantitative estimate of drug-likeness (QED) is 0.760. The van der Waals surface area contributed by atoms with Crippen LogP contribution in [0.1, 0.15) is 22.1 Å². The Balaban J connectivity index is 2.07. The summed E-state index contributed by atoms with van der Waals surface area (Å²) in [4.78, 5) is -0.0489. The van der Waals surface area contributed by atoms with E-state index in [0.717, 1.165) is 10.9 Å². The highest BCUT2D eigenvalue weighted by atomic mass is 32.2. The Hall–Kier alpha value is -1.65. The molecule has 1 aromatic carbocycles. The molecular formula is C15H13F4NO3S2. The third-order valence-corrected chi connectivity index (χ3v) is 6.29. The van der Waals surface area contributed by atoms with Crippen molar-refractivity contribution in [2.75, 3.05) is 5.32 Å². The lowest BCUT2D eigenvalue weighted by atomic mass is 10.1. The topological polar surface area (TPSA) is 66.4 Å². The highest BCUT2D eigenvalue weighted by molar-refractivity contribution is 7.91. The van der Waals surface area contributed by atoms with Crippen LogP contribution in [0, 0.1) is 0 Å². The number of aliphatic hydroxyl groups excluding tert-OH is 1. The van der Waals surface area contributed by atoms with Crippen LogP contribution in [0.3, 0.4) is 0 Å². The Labute approximate surface area is 145 Å². The number of sulfone groups is 1. The zero-order chi connectivity index (χ0) is 18.4. The first kappa shape index (κ1) is 18.2. The highest BCUT2D eigenvalue weighted by Crippen LogP contribution is 2.49. The lowest BCUT2D eigenvalue weighted by Gasteiger charge is -2.16. The van der Waals surface area contributed by atoms with E-state index in [1.165, 1.54) is 17.4 Å². The molecule has 10 heteroatoms. The molecule has 136 valence electrons. The Kier molecular flexibility index (Phi) is 4.54. The van der Waals surface area contributed by atoms with Gasteiger partial charge in [-0.25, -0.2) is 17.2 Å². The molecule has 0 unspecified atom stereocenters. The second-order valence-electron chi connectivity index (χ2n) is 5.58. The predicted octanol–water partition coefficient (Wildman–Crippen LogP) is 3.58. The van der Waals surface area contributed by atoms with Crippen molar-refractivity contribution < 1.29 is 31.1 Å². The van der Waals surface area contributed by atoms with Crippen LogP contribution in [-0.4, -0.2) is 25.2 Å². The number of halogens is 4. The molecule has 1 heterocycles. The van der Waals surface area contributed by atoms with Gasteiger partial charge in [-0.2, -0.15) is 8.78 Å². The maximum atomic E-state index is 13.9. The number of fused-ring (bicyclic) bond motifs is 1. The first-order valence-corrected chi connectivity index (χ1v) is 9.57. The summed E-state index contributed by atoms with van der Waals surface area (Å²) in [5.41, 5.74) is -0.620. The number of rotatable bonds is 5. The number of anilines is 1. The molecule has 0 aliphatic heterocycles. The zero-order valence-corrected chi connectivity index (χ0v) is 14.2. The summed E-state index contributed by atoms with van der Waals surface area (Å²) in [5, 5.41) is 14.6. The van der Waals surface area contributed by atoms with Gasteiger partial charge in [0.15, 0.2) is 0 Å². The van der Waals surface area contributed by atoms with Crippen LogP contribution in [0.5, 0.6) is 0 Å². The molecule has 25 heavy (non-hydrogen) atoms. The molecule has 1 aromatic heterocycles. The van der Waals surface area contributed by atoms with Crippen molar-refractivity contribution >= 4 is 26.9 Å². The average molecular weight is 395 g/mol. The van der Waals surface area contributed by atoms with Crippen molar-refractivity contribution in [2.45, 2.75) is 35.6 Å². The SMILES string of the molecule is O=S(=O)(c1ccc(NCc2cccs2)c2c1[C@H](O)C(F)(F)C2)C(F)F. The highest BCUT2D eigenvalue weighted by Gasteiger charge is 2.51. The minimum atomic E-state index is -5.11. The lowest BCUT2D eigenvalue weighted by Crippen LogP contribution is -2.23. The second kappa shape index (κ2) is 6.26. The molecule has 0 amide bonds. The van der Waals surface area contributed by atoms with E-state index in [0.29, 0.717) is 6.54 Å². The molecule has 3 rings (SSSR count). The van der Waals surface area contributed by atoms with E-state index in [4.69, 9.17) is 0 Å². The summed E-state index contributed by atoms with van der Waals surface area (Å²) in [6, 6.07) is 5.64. The molecule has 2 aromatic rings. The molecule has 0 saturated carbocycles. The monoisotopic (exact) mass is 395 g/mol. The molecule has 1 aliphatic carbocycles. The van der Waals surface area contributed by atoms with Crippen molar-refractivity contribution in [1.82, 2.24) is 0 Å². The van der Waals surface area contributed by atoms with Gasteiger partial charge in [0, 0.05) is 29.1 Å². The van der Waals surface area contributed by atoms with Gasteiger partial charge in [0.25, 0.3) is 5.92 Å². The summed E-state index contributed by atoms with van der Waals surface area (Å²) in [6.45, 7) is 0.298. The Morgan fingerprint density at radius 3 is 2.64 bits per heavy atom. The molecule has 1 aliphatic rings. The number of hydrogen-bond acceptors (Lipinski definition) is 5. The molecule has 2 N–H and O–H groups in total. The number of alkyl halides is 4. The van der Waals surface area contributed by atoms with Gasteiger partial charge < -0.3 is 10.4 Å². The van der Waals surface area contributed by atoms with Gasteiger partial charge in [-0.1, -0.05) is 6.07 Å². The van der Waals surface area contributed by atoms with Crippen LogP contribution in [0.25, 0.3) is 0 Å². The molecule has 0 saturated heterocycles. The van der Waals surface area contributed by atoms with Crippen LogP contribution in [0.2, 0.25) is 0 Å². The number of aliphatic hydroxyl groups is 1. The van der Waals surface area contributed by atoms with Gasteiger partial charge in [0.05, 0.1) is 4.90 Å². The van der Waals surface area contributed by atoms with Crippen molar-refractivity contribution in [3.8, 4) is 0 Å². The van der Waals surface area contributed by atoms with Gasteiger partial charge >= 0.3 is 5.76 Å². The van der Waals surface area contributed by atoms with Gasteiger partial charge in [0.1, 0.15) is 6.10 Å². The summed E-state index contributed by atoms with van der Waals surface area (Å²) >= 11 is 1.43. The van der Waals surface area contributed by atoms with E-state index in [9.17, 15) is 31.1 Å². The standard InChI is InChI=1S/C15H13F4NO3S2/c16-14(17)25(22,23)11-4-3-10(20-7-8-2-1-5-24-8)9-6-15(18,19)13(21)12(9)11/h1-5,13-14,20-21H,6-7H2/t13-/m0/s1. The van der Waals surface area contributed by atoms with Crippen LogP contribution in [0.4, 0.5) is 23.2 Å². The first-order chi connectivity index (χ1) is 11.6. The van der Waals surface area contributed by atoms with Gasteiger partial charge in [-0.3, -0.25) is 0 Å². The van der Waals surface area contributed by atoms with E-state index in [1.807, 2.05) is 17.5 Å². The molecule has 0 spiro atoms. The van der Waals surface area contributed by atoms with E-state index < -0.39 is 44.5 Å². The van der Waals surface area contributed by atoms with Crippen LogP contribution >= 0.6 is 11.3 Å². The molecule has 0 bridgehead atoms. The van der Waals surface area contributed by atoms with E-state index in [-0.39, 0.29) is 11.3 Å². The minimum Gasteiger partial charge on any atom is -0.382 e. The summed E-state index contributed by atoms with van der Waals surface area (Å²) in [5.74, 6) is -7.39. The van der Waals surface area contributed by atoms with Crippen LogP contribution in [0.15, 0.2) is 34.5 Å². The average Bonchev–Trinajstić information content (AvgIpc) is 3.12. The van der Waals surface area contributed by atoms with Crippen molar-refractivity contribution in [3.63, 3.8) is 0 Å². The fraction of sp³-hybridized carbons (Fsp3) is 0.333. The largest absolute Gasteiger partial charge is 0.382 e. The number of nitrogens with one attached hydrogen (secondary N) is 1. The predicted molar refractivity (Wildman–Crippen MR) is 84.9 cm³/mol. The van der Waals surface area contributed by atoms with Crippen LogP contribution < -0.4 is 5.32 Å². The Morgan fingerprint density at radius 2 is 2.04 bits per heavy atom. The van der Waals surface area contributed by atoms with E-state index in [2.05, 4.69) is 5.32 Å². The third-order valence-electron chi connectivity index (χ3n) is 3.98.